The molecule has 1 aliphatic carbocycles. The van der Waals surface area contributed by atoms with E-state index in [0.717, 1.165) is 36.0 Å². The summed E-state index contributed by atoms with van der Waals surface area (Å²) in [4.78, 5) is 4.63. The summed E-state index contributed by atoms with van der Waals surface area (Å²) >= 11 is 0. The number of hydrogen-bond acceptors (Lipinski definition) is 3. The smallest absolute Gasteiger partial charge is 0.474 e. The van der Waals surface area contributed by atoms with Crippen LogP contribution in [0.25, 0.3) is 11.1 Å². The molecule has 1 saturated carbocycles. The Morgan fingerprint density at radius 1 is 0.824 bits per heavy atom. The number of hydrogen-bond donors (Lipinski definition) is 0. The maximum Gasteiger partial charge on any atom is 0.573 e. The molecule has 0 radical (unpaired) electrons. The van der Waals surface area contributed by atoms with Gasteiger partial charge in [-0.15, -0.1) is 13.2 Å². The number of nitrogens with zero attached hydrogens (tertiary/aromatic N) is 1. The highest BCUT2D eigenvalue weighted by Crippen LogP contribution is 2.44. The summed E-state index contributed by atoms with van der Waals surface area (Å²) in [7, 11) is 0. The molecular formula is C26H20F5NO2. The molecule has 5 rings (SSSR count). The fourth-order valence-corrected chi connectivity index (χ4v) is 4.73. The molecule has 0 spiro atoms. The number of fused-ring (bicyclic) bond motifs is 1. The Labute approximate surface area is 192 Å². The third-order valence-corrected chi connectivity index (χ3v) is 6.28. The molecular weight excluding hydrogens is 453 g/mol. The molecule has 0 saturated heterocycles. The summed E-state index contributed by atoms with van der Waals surface area (Å²) in [6.45, 7) is 0. The molecule has 8 heteroatoms. The first-order valence-corrected chi connectivity index (χ1v) is 10.9. The van der Waals surface area contributed by atoms with Crippen molar-refractivity contribution in [3.05, 3.63) is 89.5 Å². The highest BCUT2D eigenvalue weighted by molar-refractivity contribution is 5.95. The second-order valence-electron chi connectivity index (χ2n) is 8.42. The minimum Gasteiger partial charge on any atom is -0.474 e. The Kier molecular flexibility index (Phi) is 5.75. The van der Waals surface area contributed by atoms with Crippen molar-refractivity contribution in [1.82, 2.24) is 0 Å². The van der Waals surface area contributed by atoms with Crippen LogP contribution < -0.4 is 4.74 Å². The van der Waals surface area contributed by atoms with Gasteiger partial charge in [-0.05, 0) is 60.2 Å². The van der Waals surface area contributed by atoms with Crippen LogP contribution in [0.1, 0.15) is 36.4 Å². The van der Waals surface area contributed by atoms with Crippen LogP contribution in [0.2, 0.25) is 0 Å². The Hall–Kier alpha value is -3.42. The number of ether oxygens (including phenoxy) is 2. The first-order chi connectivity index (χ1) is 16.3. The Morgan fingerprint density at radius 3 is 2.06 bits per heavy atom. The van der Waals surface area contributed by atoms with E-state index in [2.05, 4.69) is 9.73 Å². The summed E-state index contributed by atoms with van der Waals surface area (Å²) < 4.78 is 75.8. The molecule has 34 heavy (non-hydrogen) atoms. The minimum atomic E-state index is -4.74. The number of benzene rings is 3. The number of halogens is 5. The Balaban J connectivity index is 1.43. The van der Waals surface area contributed by atoms with Gasteiger partial charge in [0.15, 0.2) is 0 Å². The molecule has 1 heterocycles. The maximum absolute atomic E-state index is 14.4. The zero-order valence-corrected chi connectivity index (χ0v) is 17.9. The molecule has 0 aromatic heterocycles. The zero-order valence-electron chi connectivity index (χ0n) is 17.9. The van der Waals surface area contributed by atoms with Gasteiger partial charge in [0.25, 0.3) is 0 Å². The third-order valence-electron chi connectivity index (χ3n) is 6.28. The topological polar surface area (TPSA) is 30.8 Å². The van der Waals surface area contributed by atoms with Crippen molar-refractivity contribution in [1.29, 1.82) is 0 Å². The molecule has 3 aromatic carbocycles. The van der Waals surface area contributed by atoms with E-state index in [1.54, 1.807) is 12.1 Å². The van der Waals surface area contributed by atoms with Crippen molar-refractivity contribution in [2.75, 3.05) is 0 Å². The minimum absolute atomic E-state index is 0.0203. The van der Waals surface area contributed by atoms with Crippen LogP contribution in [-0.4, -0.2) is 18.4 Å². The lowest BCUT2D eigenvalue weighted by atomic mass is 9.88. The fourth-order valence-electron chi connectivity index (χ4n) is 4.73. The summed E-state index contributed by atoms with van der Waals surface area (Å²) in [5.41, 5.74) is 2.16. The standard InChI is InChI=1S/C26H20F5NO2/c27-20-4-2-5-21(28)23(20)25-32-24(19-3-1-6-22(19)33-25)17-9-7-15(8-10-17)16-11-13-18(14-12-16)34-26(29,30)31/h2,4-5,7-14,19,22,24H,1,3,6H2/t19-,22+,24-/m1/s1. The van der Waals surface area contributed by atoms with Crippen LogP contribution in [0.15, 0.2) is 71.7 Å². The van der Waals surface area contributed by atoms with Crippen molar-refractivity contribution in [3.8, 4) is 16.9 Å². The Morgan fingerprint density at radius 2 is 1.44 bits per heavy atom. The lowest BCUT2D eigenvalue weighted by Gasteiger charge is -2.33. The van der Waals surface area contributed by atoms with Gasteiger partial charge in [0.05, 0.1) is 6.04 Å². The summed E-state index contributed by atoms with van der Waals surface area (Å²) in [5, 5.41) is 0. The molecule has 0 bridgehead atoms. The van der Waals surface area contributed by atoms with Crippen LogP contribution in [-0.2, 0) is 4.74 Å². The number of alkyl halides is 3. The number of rotatable bonds is 4. The van der Waals surface area contributed by atoms with Crippen LogP contribution in [0.3, 0.4) is 0 Å². The quantitative estimate of drug-likeness (QED) is 0.375. The second kappa shape index (κ2) is 8.74. The predicted molar refractivity (Wildman–Crippen MR) is 116 cm³/mol. The zero-order chi connectivity index (χ0) is 23.9. The molecule has 176 valence electrons. The molecule has 3 aromatic rings. The van der Waals surface area contributed by atoms with Crippen molar-refractivity contribution >= 4 is 5.90 Å². The van der Waals surface area contributed by atoms with Crippen molar-refractivity contribution in [2.45, 2.75) is 37.8 Å². The van der Waals surface area contributed by atoms with E-state index in [1.807, 2.05) is 24.3 Å². The van der Waals surface area contributed by atoms with Crippen molar-refractivity contribution < 1.29 is 31.4 Å². The summed E-state index contributed by atoms with van der Waals surface area (Å²) in [5.74, 6) is -1.65. The van der Waals surface area contributed by atoms with Crippen LogP contribution >= 0.6 is 0 Å². The highest BCUT2D eigenvalue weighted by Gasteiger charge is 2.41. The Bertz CT molecular complexity index is 1190. The molecule has 0 N–H and O–H groups in total. The lowest BCUT2D eigenvalue weighted by Crippen LogP contribution is -2.33. The van der Waals surface area contributed by atoms with Gasteiger partial charge < -0.3 is 9.47 Å². The van der Waals surface area contributed by atoms with E-state index in [9.17, 15) is 22.0 Å². The molecule has 3 atom stereocenters. The van der Waals surface area contributed by atoms with E-state index in [-0.39, 0.29) is 35.3 Å². The van der Waals surface area contributed by atoms with Gasteiger partial charge in [-0.25, -0.2) is 13.8 Å². The van der Waals surface area contributed by atoms with Gasteiger partial charge in [0.2, 0.25) is 5.90 Å². The van der Waals surface area contributed by atoms with Gasteiger partial charge >= 0.3 is 6.36 Å². The van der Waals surface area contributed by atoms with E-state index >= 15 is 0 Å². The first kappa shape index (κ1) is 22.4. The average Bonchev–Trinajstić information content (AvgIpc) is 3.27. The van der Waals surface area contributed by atoms with E-state index < -0.39 is 18.0 Å². The summed E-state index contributed by atoms with van der Waals surface area (Å²) in [6, 6.07) is 16.5. The van der Waals surface area contributed by atoms with Gasteiger partial charge in [-0.1, -0.05) is 42.5 Å². The molecule has 1 aliphatic heterocycles. The molecule has 0 unspecified atom stereocenters. The van der Waals surface area contributed by atoms with Crippen LogP contribution in [0.5, 0.6) is 5.75 Å². The second-order valence-corrected chi connectivity index (χ2v) is 8.42. The highest BCUT2D eigenvalue weighted by atomic mass is 19.4. The maximum atomic E-state index is 14.4. The van der Waals surface area contributed by atoms with Crippen LogP contribution in [0.4, 0.5) is 22.0 Å². The van der Waals surface area contributed by atoms with Gasteiger partial charge in [0.1, 0.15) is 29.1 Å². The molecule has 2 aliphatic rings. The van der Waals surface area contributed by atoms with E-state index in [0.29, 0.717) is 0 Å². The van der Waals surface area contributed by atoms with E-state index in [4.69, 9.17) is 4.74 Å². The van der Waals surface area contributed by atoms with Crippen LogP contribution in [0, 0.1) is 17.6 Å². The monoisotopic (exact) mass is 473 g/mol. The van der Waals surface area contributed by atoms with E-state index in [1.165, 1.54) is 30.3 Å². The third kappa shape index (κ3) is 4.49. The molecule has 1 fully saturated rings. The van der Waals surface area contributed by atoms with Crippen molar-refractivity contribution in [3.63, 3.8) is 0 Å². The fraction of sp³-hybridized carbons (Fsp3) is 0.269. The molecule has 3 nitrogen and oxygen atoms in total. The normalized spacial score (nSPS) is 22.0. The van der Waals surface area contributed by atoms with Gasteiger partial charge in [-0.3, -0.25) is 0 Å². The summed E-state index contributed by atoms with van der Waals surface area (Å²) in [6.07, 6.45) is -2.28. The SMILES string of the molecule is Fc1cccc(F)c1C1=N[C@H](c2ccc(-c3ccc(OC(F)(F)F)cc3)cc2)[C@@H]2CCC[C@@H]2O1. The predicted octanol–water partition coefficient (Wildman–Crippen LogP) is 7.22. The number of aliphatic imine (C=N–C) groups is 1. The van der Waals surface area contributed by atoms with Gasteiger partial charge in [0, 0.05) is 5.92 Å². The van der Waals surface area contributed by atoms with Crippen molar-refractivity contribution in [2.24, 2.45) is 10.9 Å². The van der Waals surface area contributed by atoms with Gasteiger partial charge in [-0.2, -0.15) is 0 Å². The largest absolute Gasteiger partial charge is 0.573 e. The average molecular weight is 473 g/mol. The molecule has 0 amide bonds. The first-order valence-electron chi connectivity index (χ1n) is 10.9. The lowest BCUT2D eigenvalue weighted by molar-refractivity contribution is -0.274.